The molecule has 0 saturated carbocycles. The Labute approximate surface area is 193 Å². The van der Waals surface area contributed by atoms with Crippen LogP contribution in [0.3, 0.4) is 0 Å². The second kappa shape index (κ2) is 9.53. The zero-order chi connectivity index (χ0) is 23.5. The van der Waals surface area contributed by atoms with Crippen LogP contribution >= 0.6 is 22.9 Å². The predicted molar refractivity (Wildman–Crippen MR) is 119 cm³/mol. The molecule has 1 unspecified atom stereocenters. The van der Waals surface area contributed by atoms with Gasteiger partial charge in [-0.1, -0.05) is 28.1 Å². The second-order valence-corrected chi connectivity index (χ2v) is 9.14. The number of carbonyl (C=O) groups excluding carboxylic acids is 2. The number of amides is 2. The van der Waals surface area contributed by atoms with E-state index in [0.717, 1.165) is 0 Å². The third kappa shape index (κ3) is 6.41. The normalized spacial score (nSPS) is 12.2. The number of nitrogens with zero attached hydrogens (tertiary/aromatic N) is 3. The molecule has 0 bridgehead atoms. The first-order valence-corrected chi connectivity index (χ1v) is 10.7. The molecule has 12 heteroatoms. The van der Waals surface area contributed by atoms with E-state index < -0.39 is 17.7 Å². The second-order valence-electron chi connectivity index (χ2n) is 7.74. The number of carbonyl (C=O) groups is 2. The summed E-state index contributed by atoms with van der Waals surface area (Å²) in [6.07, 6.45) is 0.962. The monoisotopic (exact) mass is 479 g/mol. The Bertz CT molecular complexity index is 1120. The van der Waals surface area contributed by atoms with Crippen LogP contribution in [-0.2, 0) is 9.53 Å². The number of thiazole rings is 1. The maximum absolute atomic E-state index is 11.9. The summed E-state index contributed by atoms with van der Waals surface area (Å²) in [7, 11) is 0. The highest BCUT2D eigenvalue weighted by Crippen LogP contribution is 2.36. The van der Waals surface area contributed by atoms with Gasteiger partial charge in [-0.2, -0.15) is 4.98 Å². The number of hydrogen-bond donors (Lipinski definition) is 2. The van der Waals surface area contributed by atoms with Gasteiger partial charge in [-0.25, -0.2) is 9.78 Å². The molecule has 10 nitrogen and oxygen atoms in total. The van der Waals surface area contributed by atoms with Crippen LogP contribution in [0.25, 0.3) is 10.7 Å². The van der Waals surface area contributed by atoms with Gasteiger partial charge in [0.2, 0.25) is 17.6 Å². The standard InChI is InChI=1S/C20H22ClN5O5S/c1-10(23-11(2)27)17-25-16(26-31-17)15-9-22-19(32-15)29-14-7-6-12(8-13(14)21)24-18(28)30-20(3,4)5/h6-10H,1-5H3,(H,23,27)(H,24,28). The number of nitrogens with one attached hydrogen (secondary N) is 2. The van der Waals surface area contributed by atoms with E-state index in [4.69, 9.17) is 25.6 Å². The van der Waals surface area contributed by atoms with Crippen molar-refractivity contribution in [3.8, 4) is 21.6 Å². The van der Waals surface area contributed by atoms with Crippen molar-refractivity contribution in [1.29, 1.82) is 0 Å². The number of halogens is 1. The Kier molecular flexibility index (Phi) is 6.99. The SMILES string of the molecule is CC(=O)NC(C)c1nc(-c2cnc(Oc3ccc(NC(=O)OC(C)(C)C)cc3Cl)s2)no1. The summed E-state index contributed by atoms with van der Waals surface area (Å²) in [5.74, 6) is 0.764. The molecule has 0 aliphatic rings. The summed E-state index contributed by atoms with van der Waals surface area (Å²) < 4.78 is 16.2. The highest BCUT2D eigenvalue weighted by atomic mass is 35.5. The largest absolute Gasteiger partial charge is 0.444 e. The molecule has 32 heavy (non-hydrogen) atoms. The zero-order valence-electron chi connectivity index (χ0n) is 18.1. The van der Waals surface area contributed by atoms with E-state index in [2.05, 4.69) is 25.8 Å². The minimum atomic E-state index is -0.610. The van der Waals surface area contributed by atoms with Crippen LogP contribution < -0.4 is 15.4 Å². The number of aromatic nitrogens is 3. The van der Waals surface area contributed by atoms with Crippen molar-refractivity contribution in [3.05, 3.63) is 35.3 Å². The summed E-state index contributed by atoms with van der Waals surface area (Å²) in [4.78, 5) is 32.2. The van der Waals surface area contributed by atoms with Crippen LogP contribution in [0.2, 0.25) is 5.02 Å². The van der Waals surface area contributed by atoms with Crippen LogP contribution in [0.15, 0.2) is 28.9 Å². The smallest absolute Gasteiger partial charge is 0.412 e. The van der Waals surface area contributed by atoms with Gasteiger partial charge < -0.3 is 19.3 Å². The molecule has 0 aliphatic carbocycles. The van der Waals surface area contributed by atoms with Crippen molar-refractivity contribution in [2.24, 2.45) is 0 Å². The maximum Gasteiger partial charge on any atom is 0.412 e. The molecule has 0 fully saturated rings. The maximum atomic E-state index is 11.9. The van der Waals surface area contributed by atoms with Gasteiger partial charge in [0.25, 0.3) is 5.19 Å². The van der Waals surface area contributed by atoms with Gasteiger partial charge in [0.1, 0.15) is 17.4 Å². The molecular weight excluding hydrogens is 458 g/mol. The number of benzene rings is 1. The van der Waals surface area contributed by atoms with Gasteiger partial charge in [0.15, 0.2) is 0 Å². The van der Waals surface area contributed by atoms with E-state index >= 15 is 0 Å². The summed E-state index contributed by atoms with van der Waals surface area (Å²) >= 11 is 7.48. The topological polar surface area (TPSA) is 128 Å². The fraction of sp³-hybridized carbons (Fsp3) is 0.350. The van der Waals surface area contributed by atoms with Gasteiger partial charge in [-0.05, 0) is 45.9 Å². The summed E-state index contributed by atoms with van der Waals surface area (Å²) in [6.45, 7) is 8.47. The lowest BCUT2D eigenvalue weighted by molar-refractivity contribution is -0.119. The van der Waals surface area contributed by atoms with Gasteiger partial charge in [0.05, 0.1) is 16.1 Å². The van der Waals surface area contributed by atoms with Gasteiger partial charge in [-0.3, -0.25) is 10.1 Å². The Morgan fingerprint density at radius 3 is 2.69 bits per heavy atom. The summed E-state index contributed by atoms with van der Waals surface area (Å²) in [5.41, 5.74) is -0.148. The van der Waals surface area contributed by atoms with Gasteiger partial charge >= 0.3 is 6.09 Å². The quantitative estimate of drug-likeness (QED) is 0.494. The van der Waals surface area contributed by atoms with Crippen molar-refractivity contribution in [1.82, 2.24) is 20.4 Å². The molecule has 3 aromatic rings. The number of anilines is 1. The van der Waals surface area contributed by atoms with Crippen molar-refractivity contribution in [2.45, 2.75) is 46.3 Å². The highest BCUT2D eigenvalue weighted by molar-refractivity contribution is 7.16. The minimum Gasteiger partial charge on any atom is -0.444 e. The predicted octanol–water partition coefficient (Wildman–Crippen LogP) is 5.18. The molecule has 1 atom stereocenters. The molecule has 0 saturated heterocycles. The van der Waals surface area contributed by atoms with Gasteiger partial charge in [-0.15, -0.1) is 0 Å². The molecule has 2 aromatic heterocycles. The van der Waals surface area contributed by atoms with Crippen molar-refractivity contribution in [2.75, 3.05) is 5.32 Å². The molecule has 0 aliphatic heterocycles. The lowest BCUT2D eigenvalue weighted by atomic mass is 10.2. The van der Waals surface area contributed by atoms with Crippen LogP contribution in [0, 0.1) is 0 Å². The van der Waals surface area contributed by atoms with Crippen LogP contribution in [-0.4, -0.2) is 32.7 Å². The summed E-state index contributed by atoms with van der Waals surface area (Å²) in [6, 6.07) is 4.38. The van der Waals surface area contributed by atoms with E-state index in [9.17, 15) is 9.59 Å². The van der Waals surface area contributed by atoms with Crippen molar-refractivity contribution >= 4 is 40.6 Å². The molecule has 2 amide bonds. The molecule has 2 N–H and O–H groups in total. The fourth-order valence-corrected chi connectivity index (χ4v) is 3.39. The Morgan fingerprint density at radius 1 is 1.28 bits per heavy atom. The first-order valence-electron chi connectivity index (χ1n) is 9.54. The van der Waals surface area contributed by atoms with Crippen LogP contribution in [0.5, 0.6) is 10.9 Å². The molecule has 0 radical (unpaired) electrons. The molecular formula is C20H22ClN5O5S. The Morgan fingerprint density at radius 2 is 2.03 bits per heavy atom. The zero-order valence-corrected chi connectivity index (χ0v) is 19.6. The Hall–Kier alpha value is -3.18. The number of rotatable bonds is 6. The van der Waals surface area contributed by atoms with E-state index in [1.54, 1.807) is 52.1 Å². The van der Waals surface area contributed by atoms with E-state index in [1.807, 2.05) is 0 Å². The Balaban J connectivity index is 1.66. The van der Waals surface area contributed by atoms with E-state index in [-0.39, 0.29) is 16.8 Å². The molecule has 3 rings (SSSR count). The minimum absolute atomic E-state index is 0.199. The average Bonchev–Trinajstić information content (AvgIpc) is 3.31. The van der Waals surface area contributed by atoms with E-state index in [1.165, 1.54) is 18.3 Å². The molecule has 0 spiro atoms. The lowest BCUT2D eigenvalue weighted by Crippen LogP contribution is -2.27. The summed E-state index contributed by atoms with van der Waals surface area (Å²) in [5, 5.41) is 9.80. The first kappa shape index (κ1) is 23.5. The third-order valence-corrected chi connectivity index (χ3v) is 4.88. The van der Waals surface area contributed by atoms with E-state index in [0.29, 0.717) is 27.3 Å². The molecule has 2 heterocycles. The molecule has 1 aromatic carbocycles. The third-order valence-electron chi connectivity index (χ3n) is 3.71. The lowest BCUT2D eigenvalue weighted by Gasteiger charge is -2.19. The first-order chi connectivity index (χ1) is 15.0. The fourth-order valence-electron chi connectivity index (χ4n) is 2.46. The number of ether oxygens (including phenoxy) is 2. The van der Waals surface area contributed by atoms with Gasteiger partial charge in [0, 0.05) is 12.6 Å². The molecule has 170 valence electrons. The number of hydrogen-bond acceptors (Lipinski definition) is 9. The van der Waals surface area contributed by atoms with Crippen molar-refractivity contribution < 1.29 is 23.6 Å². The van der Waals surface area contributed by atoms with Crippen LogP contribution in [0.1, 0.15) is 46.6 Å². The van der Waals surface area contributed by atoms with Crippen molar-refractivity contribution in [3.63, 3.8) is 0 Å². The average molecular weight is 480 g/mol. The highest BCUT2D eigenvalue weighted by Gasteiger charge is 2.19. The van der Waals surface area contributed by atoms with Crippen LogP contribution in [0.4, 0.5) is 10.5 Å².